The van der Waals surface area contributed by atoms with Gasteiger partial charge in [-0.2, -0.15) is 0 Å². The predicted octanol–water partition coefficient (Wildman–Crippen LogP) is 4.84. The largest absolute Gasteiger partial charge is 0.299 e. The maximum atomic E-state index is 11.0. The molecule has 0 bridgehead atoms. The molecule has 1 heterocycles. The first-order chi connectivity index (χ1) is 11.9. The van der Waals surface area contributed by atoms with Crippen LogP contribution in [0.3, 0.4) is 0 Å². The summed E-state index contributed by atoms with van der Waals surface area (Å²) in [7, 11) is 1.53. The van der Waals surface area contributed by atoms with Gasteiger partial charge in [-0.25, -0.2) is 0 Å². The lowest BCUT2D eigenvalue weighted by Crippen LogP contribution is -2.25. The number of carbonyl (C=O) groups is 4. The maximum Gasteiger partial charge on any atom is 0.232 e. The molecule has 0 aliphatic carbocycles. The highest BCUT2D eigenvalue weighted by molar-refractivity contribution is 6.04. The molecule has 1 fully saturated rings. The molecule has 158 valence electrons. The van der Waals surface area contributed by atoms with Gasteiger partial charge in [0.1, 0.15) is 5.78 Å². The van der Waals surface area contributed by atoms with E-state index in [-0.39, 0.29) is 42.8 Å². The molecule has 27 heavy (non-hydrogen) atoms. The van der Waals surface area contributed by atoms with Gasteiger partial charge < -0.3 is 0 Å². The SMILES string of the molecule is C.CC1C(=O)N(C)C(=O)[C@H]1C.CCC(=O)C(C)CC.CCC(=O)C=C(C)C. The second kappa shape index (κ2) is 15.3. The van der Waals surface area contributed by atoms with Crippen molar-refractivity contribution in [2.75, 3.05) is 7.05 Å². The number of nitrogens with zero attached hydrogens (tertiary/aromatic N) is 1. The van der Waals surface area contributed by atoms with E-state index in [1.54, 1.807) is 19.9 Å². The van der Waals surface area contributed by atoms with E-state index in [4.69, 9.17) is 0 Å². The first-order valence-electron chi connectivity index (χ1n) is 9.46. The molecule has 0 radical (unpaired) electrons. The summed E-state index contributed by atoms with van der Waals surface area (Å²) in [6, 6.07) is 0. The number of Topliss-reactive ketones (excluding diaryl/α,β-unsaturated/α-hetero) is 1. The average Bonchev–Trinajstić information content (AvgIpc) is 2.78. The Labute approximate surface area is 166 Å². The zero-order valence-corrected chi connectivity index (χ0v) is 18.0. The first-order valence-corrected chi connectivity index (χ1v) is 9.46. The highest BCUT2D eigenvalue weighted by Crippen LogP contribution is 2.23. The van der Waals surface area contributed by atoms with Crippen molar-refractivity contribution in [3.8, 4) is 0 Å². The van der Waals surface area contributed by atoms with Crippen molar-refractivity contribution in [1.82, 2.24) is 4.90 Å². The van der Waals surface area contributed by atoms with E-state index in [9.17, 15) is 19.2 Å². The van der Waals surface area contributed by atoms with Crippen LogP contribution < -0.4 is 0 Å². The van der Waals surface area contributed by atoms with Gasteiger partial charge in [0.05, 0.1) is 0 Å². The van der Waals surface area contributed by atoms with E-state index in [0.717, 1.165) is 12.0 Å². The first kappa shape index (κ1) is 30.0. The van der Waals surface area contributed by atoms with E-state index in [0.29, 0.717) is 18.6 Å². The number of rotatable bonds is 5. The van der Waals surface area contributed by atoms with Crippen LogP contribution in [0.1, 0.15) is 82.1 Å². The third-order valence-electron chi connectivity index (χ3n) is 4.50. The average molecular weight is 384 g/mol. The van der Waals surface area contributed by atoms with E-state index < -0.39 is 0 Å². The van der Waals surface area contributed by atoms with Gasteiger partial charge >= 0.3 is 0 Å². The molecule has 0 aromatic carbocycles. The van der Waals surface area contributed by atoms with Crippen molar-refractivity contribution >= 4 is 23.4 Å². The van der Waals surface area contributed by atoms with Gasteiger partial charge in [0.15, 0.2) is 5.78 Å². The lowest BCUT2D eigenvalue weighted by Gasteiger charge is -2.03. The van der Waals surface area contributed by atoms with Crippen molar-refractivity contribution in [3.63, 3.8) is 0 Å². The van der Waals surface area contributed by atoms with Crippen LogP contribution in [0.5, 0.6) is 0 Å². The fraction of sp³-hybridized carbons (Fsp3) is 0.727. The fourth-order valence-electron chi connectivity index (χ4n) is 2.15. The minimum Gasteiger partial charge on any atom is -0.299 e. The highest BCUT2D eigenvalue weighted by atomic mass is 16.2. The van der Waals surface area contributed by atoms with Crippen molar-refractivity contribution in [3.05, 3.63) is 11.6 Å². The third-order valence-corrected chi connectivity index (χ3v) is 4.50. The molecule has 0 spiro atoms. The summed E-state index contributed by atoms with van der Waals surface area (Å²) in [5, 5.41) is 0. The monoisotopic (exact) mass is 383 g/mol. The van der Waals surface area contributed by atoms with Crippen LogP contribution in [0.25, 0.3) is 0 Å². The smallest absolute Gasteiger partial charge is 0.232 e. The van der Waals surface area contributed by atoms with Gasteiger partial charge in [0, 0.05) is 37.6 Å². The van der Waals surface area contributed by atoms with Gasteiger partial charge in [-0.3, -0.25) is 24.1 Å². The van der Waals surface area contributed by atoms with E-state index in [1.807, 2.05) is 41.5 Å². The lowest BCUT2D eigenvalue weighted by atomic mass is 10.00. The van der Waals surface area contributed by atoms with Gasteiger partial charge in [-0.1, -0.05) is 54.5 Å². The molecule has 3 atom stereocenters. The zero-order chi connectivity index (χ0) is 21.0. The Bertz CT molecular complexity index is 498. The van der Waals surface area contributed by atoms with Crippen molar-refractivity contribution in [2.24, 2.45) is 17.8 Å². The predicted molar refractivity (Wildman–Crippen MR) is 112 cm³/mol. The number of allylic oxidation sites excluding steroid dienone is 2. The quantitative estimate of drug-likeness (QED) is 0.503. The standard InChI is InChI=1S/C7H11NO2.C7H12O.C7H14O.CH4/c1-4-5(2)7(10)8(3)6(4)9;1-4-7(8)5-6(2)3;1-4-6(3)7(8)5-2;/h4-5H,1-3H3;5H,4H2,1-3H3;6H,4-5H2,1-3H3;1H4/t4-,5?;;;/m0.../s1. The lowest BCUT2D eigenvalue weighted by molar-refractivity contribution is -0.138. The molecule has 1 aliphatic rings. The van der Waals surface area contributed by atoms with Crippen LogP contribution in [0.4, 0.5) is 0 Å². The van der Waals surface area contributed by atoms with Gasteiger partial charge in [0.25, 0.3) is 0 Å². The highest BCUT2D eigenvalue weighted by Gasteiger charge is 2.39. The third kappa shape index (κ3) is 11.5. The molecule has 1 aliphatic heterocycles. The minimum absolute atomic E-state index is 0. The molecule has 5 heteroatoms. The summed E-state index contributed by atoms with van der Waals surface area (Å²) in [5.74, 6) is 0.502. The summed E-state index contributed by atoms with van der Waals surface area (Å²) in [6.07, 6.45) is 3.95. The number of carbonyl (C=O) groups excluding carboxylic acids is 4. The second-order valence-electron chi connectivity index (χ2n) is 6.98. The number of hydrogen-bond donors (Lipinski definition) is 0. The molecule has 2 unspecified atom stereocenters. The van der Waals surface area contributed by atoms with Crippen LogP contribution in [0, 0.1) is 17.8 Å². The zero-order valence-electron chi connectivity index (χ0n) is 18.0. The summed E-state index contributed by atoms with van der Waals surface area (Å²) < 4.78 is 0. The second-order valence-corrected chi connectivity index (χ2v) is 6.98. The fourth-order valence-corrected chi connectivity index (χ4v) is 2.15. The van der Waals surface area contributed by atoms with Crippen LogP contribution in [0.15, 0.2) is 11.6 Å². The van der Waals surface area contributed by atoms with E-state index in [2.05, 4.69) is 0 Å². The van der Waals surface area contributed by atoms with Crippen molar-refractivity contribution in [2.45, 2.75) is 82.1 Å². The normalized spacial score (nSPS) is 18.9. The maximum absolute atomic E-state index is 11.0. The van der Waals surface area contributed by atoms with Gasteiger partial charge in [-0.15, -0.1) is 0 Å². The molecule has 0 saturated carbocycles. The molecule has 0 aromatic heterocycles. The van der Waals surface area contributed by atoms with E-state index >= 15 is 0 Å². The molecule has 0 N–H and O–H groups in total. The Kier molecular flexibility index (Phi) is 17.0. The molecule has 1 rings (SSSR count). The Morgan fingerprint density at radius 3 is 1.52 bits per heavy atom. The number of imide groups is 1. The van der Waals surface area contributed by atoms with Crippen molar-refractivity contribution in [1.29, 1.82) is 0 Å². The molecular formula is C22H41NO4. The van der Waals surface area contributed by atoms with Crippen LogP contribution in [-0.4, -0.2) is 35.3 Å². The molecule has 1 saturated heterocycles. The summed E-state index contributed by atoms with van der Waals surface area (Å²) in [6.45, 7) is 15.2. The molecular weight excluding hydrogens is 342 g/mol. The van der Waals surface area contributed by atoms with Crippen LogP contribution in [0.2, 0.25) is 0 Å². The number of likely N-dealkylation sites (tertiary alicyclic amines) is 1. The Morgan fingerprint density at radius 2 is 1.41 bits per heavy atom. The van der Waals surface area contributed by atoms with Gasteiger partial charge in [-0.05, 0) is 26.3 Å². The molecule has 5 nitrogen and oxygen atoms in total. The number of ketones is 2. The Balaban J connectivity index is -0.000000318. The molecule has 0 aromatic rings. The Morgan fingerprint density at radius 1 is 1.00 bits per heavy atom. The van der Waals surface area contributed by atoms with Gasteiger partial charge in [0.2, 0.25) is 11.8 Å². The minimum atomic E-state index is -0.127. The number of amides is 2. The van der Waals surface area contributed by atoms with Crippen molar-refractivity contribution < 1.29 is 19.2 Å². The van der Waals surface area contributed by atoms with E-state index in [1.165, 1.54) is 11.9 Å². The molecule has 2 amide bonds. The van der Waals surface area contributed by atoms with Crippen LogP contribution in [-0.2, 0) is 19.2 Å². The Hall–Kier alpha value is -1.78. The van der Waals surface area contributed by atoms with Crippen LogP contribution >= 0.6 is 0 Å². The number of hydrogen-bond acceptors (Lipinski definition) is 4. The summed E-state index contributed by atoms with van der Waals surface area (Å²) in [4.78, 5) is 44.6. The summed E-state index contributed by atoms with van der Waals surface area (Å²) in [5.41, 5.74) is 1.08. The summed E-state index contributed by atoms with van der Waals surface area (Å²) >= 11 is 0. The topological polar surface area (TPSA) is 71.5 Å².